The lowest BCUT2D eigenvalue weighted by Gasteiger charge is -2.02. The van der Waals surface area contributed by atoms with E-state index in [0.29, 0.717) is 22.5 Å². The number of nitrogens with two attached hydrogens (primary N) is 1. The van der Waals surface area contributed by atoms with E-state index in [2.05, 4.69) is 10.2 Å². The number of ether oxygens (including phenoxy) is 1. The van der Waals surface area contributed by atoms with Gasteiger partial charge in [-0.05, 0) is 24.3 Å². The van der Waals surface area contributed by atoms with Gasteiger partial charge in [-0.2, -0.15) is 0 Å². The highest BCUT2D eigenvalue weighted by Gasteiger charge is 2.01. The zero-order chi connectivity index (χ0) is 10.7. The first-order valence-electron chi connectivity index (χ1n) is 4.20. The van der Waals surface area contributed by atoms with Crippen LogP contribution in [0, 0.1) is 5.82 Å². The summed E-state index contributed by atoms with van der Waals surface area (Å²) in [4.78, 5) is 0. The Kier molecular flexibility index (Phi) is 2.77. The minimum absolute atomic E-state index is 0.289. The van der Waals surface area contributed by atoms with Gasteiger partial charge in [-0.25, -0.2) is 4.39 Å². The molecule has 6 heteroatoms. The first-order valence-corrected chi connectivity index (χ1v) is 5.02. The highest BCUT2D eigenvalue weighted by atomic mass is 32.1. The zero-order valence-corrected chi connectivity index (χ0v) is 8.50. The van der Waals surface area contributed by atoms with Crippen LogP contribution in [-0.4, -0.2) is 10.2 Å². The summed E-state index contributed by atoms with van der Waals surface area (Å²) in [7, 11) is 0. The maximum absolute atomic E-state index is 12.6. The summed E-state index contributed by atoms with van der Waals surface area (Å²) in [6, 6.07) is 5.78. The molecule has 0 aliphatic rings. The van der Waals surface area contributed by atoms with Crippen LogP contribution in [0.3, 0.4) is 0 Å². The number of rotatable bonds is 3. The lowest BCUT2D eigenvalue weighted by molar-refractivity contribution is 0.304. The fourth-order valence-corrected chi connectivity index (χ4v) is 1.52. The summed E-state index contributed by atoms with van der Waals surface area (Å²) >= 11 is 1.27. The third-order valence-corrected chi connectivity index (χ3v) is 2.38. The molecule has 0 spiro atoms. The average Bonchev–Trinajstić information content (AvgIpc) is 2.64. The predicted octanol–water partition coefficient (Wildman–Crippen LogP) is 1.84. The molecule has 0 fully saturated rings. The summed E-state index contributed by atoms with van der Waals surface area (Å²) in [6.45, 7) is 0.292. The lowest BCUT2D eigenvalue weighted by atomic mass is 10.3. The van der Waals surface area contributed by atoms with E-state index in [4.69, 9.17) is 10.5 Å². The largest absolute Gasteiger partial charge is 0.486 e. The van der Waals surface area contributed by atoms with Crippen LogP contribution in [0.1, 0.15) is 5.01 Å². The molecule has 0 unspecified atom stereocenters. The van der Waals surface area contributed by atoms with Crippen molar-refractivity contribution in [3.05, 3.63) is 35.1 Å². The summed E-state index contributed by atoms with van der Waals surface area (Å²) in [5.41, 5.74) is 5.41. The van der Waals surface area contributed by atoms with E-state index in [1.54, 1.807) is 12.1 Å². The van der Waals surface area contributed by atoms with Crippen LogP contribution < -0.4 is 10.5 Å². The van der Waals surface area contributed by atoms with Crippen LogP contribution in [0.15, 0.2) is 24.3 Å². The van der Waals surface area contributed by atoms with Crippen molar-refractivity contribution in [2.24, 2.45) is 0 Å². The van der Waals surface area contributed by atoms with Crippen LogP contribution in [0.25, 0.3) is 0 Å². The van der Waals surface area contributed by atoms with Crippen LogP contribution in [0.5, 0.6) is 5.75 Å². The van der Waals surface area contributed by atoms with Crippen molar-refractivity contribution in [3.8, 4) is 5.75 Å². The molecule has 15 heavy (non-hydrogen) atoms. The van der Waals surface area contributed by atoms with Crippen molar-refractivity contribution in [1.82, 2.24) is 10.2 Å². The highest BCUT2D eigenvalue weighted by Crippen LogP contribution is 2.16. The van der Waals surface area contributed by atoms with E-state index < -0.39 is 0 Å². The molecule has 2 rings (SSSR count). The second-order valence-electron chi connectivity index (χ2n) is 2.78. The number of benzene rings is 1. The van der Waals surface area contributed by atoms with Crippen LogP contribution in [0.4, 0.5) is 9.52 Å². The van der Waals surface area contributed by atoms with E-state index in [1.807, 2.05) is 0 Å². The normalized spacial score (nSPS) is 10.2. The fourth-order valence-electron chi connectivity index (χ4n) is 1.00. The molecule has 2 N–H and O–H groups in total. The van der Waals surface area contributed by atoms with Crippen LogP contribution in [0.2, 0.25) is 0 Å². The van der Waals surface area contributed by atoms with Gasteiger partial charge in [0.15, 0.2) is 5.01 Å². The topological polar surface area (TPSA) is 61.0 Å². The monoisotopic (exact) mass is 225 g/mol. The Morgan fingerprint density at radius 1 is 1.27 bits per heavy atom. The highest BCUT2D eigenvalue weighted by molar-refractivity contribution is 7.15. The minimum Gasteiger partial charge on any atom is -0.486 e. The third-order valence-electron chi connectivity index (χ3n) is 1.66. The van der Waals surface area contributed by atoms with Crippen molar-refractivity contribution in [1.29, 1.82) is 0 Å². The number of hydrogen-bond acceptors (Lipinski definition) is 5. The molecule has 0 saturated carbocycles. The first-order chi connectivity index (χ1) is 7.24. The maximum atomic E-state index is 12.6. The molecule has 0 saturated heterocycles. The number of aromatic nitrogens is 2. The Morgan fingerprint density at radius 3 is 2.60 bits per heavy atom. The number of nitrogen functional groups attached to an aromatic ring is 1. The third kappa shape index (κ3) is 2.63. The molecule has 0 bridgehead atoms. The van der Waals surface area contributed by atoms with Crippen molar-refractivity contribution >= 4 is 16.5 Å². The molecule has 2 aromatic rings. The standard InChI is InChI=1S/C9H8FN3OS/c10-6-1-3-7(4-2-6)14-5-8-12-13-9(11)15-8/h1-4H,5H2,(H2,11,13). The second-order valence-corrected chi connectivity index (χ2v) is 3.87. The minimum atomic E-state index is -0.289. The molecule has 4 nitrogen and oxygen atoms in total. The molecular formula is C9H8FN3OS. The average molecular weight is 225 g/mol. The second kappa shape index (κ2) is 4.22. The van der Waals surface area contributed by atoms with Gasteiger partial charge < -0.3 is 10.5 Å². The first kappa shape index (κ1) is 9.85. The molecule has 1 aromatic carbocycles. The van der Waals surface area contributed by atoms with Crippen molar-refractivity contribution in [2.45, 2.75) is 6.61 Å². The lowest BCUT2D eigenvalue weighted by Crippen LogP contribution is -1.94. The fraction of sp³-hybridized carbons (Fsp3) is 0.111. The van der Waals surface area contributed by atoms with Gasteiger partial charge in [0, 0.05) is 0 Å². The Bertz CT molecular complexity index is 443. The molecule has 78 valence electrons. The van der Waals surface area contributed by atoms with E-state index >= 15 is 0 Å². The molecule has 0 radical (unpaired) electrons. The zero-order valence-electron chi connectivity index (χ0n) is 7.68. The smallest absolute Gasteiger partial charge is 0.203 e. The Hall–Kier alpha value is -1.69. The quantitative estimate of drug-likeness (QED) is 0.865. The number of anilines is 1. The van der Waals surface area contributed by atoms with Crippen molar-refractivity contribution in [3.63, 3.8) is 0 Å². The summed E-state index contributed by atoms with van der Waals surface area (Å²) in [5.74, 6) is 0.299. The Labute approximate surface area is 89.5 Å². The van der Waals surface area contributed by atoms with Gasteiger partial charge >= 0.3 is 0 Å². The molecule has 0 amide bonds. The summed E-state index contributed by atoms with van der Waals surface area (Å²) in [5, 5.41) is 8.54. The predicted molar refractivity (Wildman–Crippen MR) is 55.1 cm³/mol. The Balaban J connectivity index is 1.96. The van der Waals surface area contributed by atoms with Crippen LogP contribution in [-0.2, 0) is 6.61 Å². The van der Waals surface area contributed by atoms with Crippen LogP contribution >= 0.6 is 11.3 Å². The van der Waals surface area contributed by atoms with Gasteiger partial charge in [0.05, 0.1) is 0 Å². The van der Waals surface area contributed by atoms with Gasteiger partial charge in [-0.3, -0.25) is 0 Å². The molecule has 1 heterocycles. The van der Waals surface area contributed by atoms with Gasteiger partial charge in [0.2, 0.25) is 5.13 Å². The van der Waals surface area contributed by atoms with E-state index in [9.17, 15) is 4.39 Å². The van der Waals surface area contributed by atoms with Gasteiger partial charge in [0.25, 0.3) is 0 Å². The number of hydrogen-bond donors (Lipinski definition) is 1. The maximum Gasteiger partial charge on any atom is 0.203 e. The Morgan fingerprint density at radius 2 is 2.00 bits per heavy atom. The van der Waals surface area contributed by atoms with Gasteiger partial charge in [-0.15, -0.1) is 10.2 Å². The van der Waals surface area contributed by atoms with E-state index in [1.165, 1.54) is 23.5 Å². The van der Waals surface area contributed by atoms with E-state index in [0.717, 1.165) is 0 Å². The molecule has 0 atom stereocenters. The number of halogens is 1. The van der Waals surface area contributed by atoms with Crippen molar-refractivity contribution in [2.75, 3.05) is 5.73 Å². The van der Waals surface area contributed by atoms with Gasteiger partial charge in [-0.1, -0.05) is 11.3 Å². The molecule has 1 aromatic heterocycles. The molecule has 0 aliphatic heterocycles. The van der Waals surface area contributed by atoms with Gasteiger partial charge in [0.1, 0.15) is 18.2 Å². The molecular weight excluding hydrogens is 217 g/mol. The SMILES string of the molecule is Nc1nnc(COc2ccc(F)cc2)s1. The van der Waals surface area contributed by atoms with Crippen molar-refractivity contribution < 1.29 is 9.13 Å². The summed E-state index contributed by atoms with van der Waals surface area (Å²) in [6.07, 6.45) is 0. The summed E-state index contributed by atoms with van der Waals surface area (Å²) < 4.78 is 17.9. The number of nitrogens with zero attached hydrogens (tertiary/aromatic N) is 2. The van der Waals surface area contributed by atoms with E-state index in [-0.39, 0.29) is 5.82 Å². The molecule has 0 aliphatic carbocycles.